The summed E-state index contributed by atoms with van der Waals surface area (Å²) in [6.07, 6.45) is -0.259. The Morgan fingerprint density at radius 3 is 2.74 bits per heavy atom. The van der Waals surface area contributed by atoms with Crippen LogP contribution in [-0.4, -0.2) is 37.7 Å². The van der Waals surface area contributed by atoms with Crippen LogP contribution in [0, 0.1) is 0 Å². The van der Waals surface area contributed by atoms with Gasteiger partial charge in [0.25, 0.3) is 0 Å². The van der Waals surface area contributed by atoms with E-state index < -0.39 is 5.97 Å². The topological polar surface area (TPSA) is 77.2 Å². The van der Waals surface area contributed by atoms with Crippen molar-refractivity contribution in [2.75, 3.05) is 5.75 Å². The quantitative estimate of drug-likeness (QED) is 0.765. The first-order valence-electron chi connectivity index (χ1n) is 7.09. The number of benzene rings is 1. The van der Waals surface area contributed by atoms with Crippen molar-refractivity contribution in [3.8, 4) is 5.69 Å². The number of carbonyl (C=O) groups is 1. The summed E-state index contributed by atoms with van der Waals surface area (Å²) in [4.78, 5) is 10.8. The molecule has 0 aliphatic rings. The summed E-state index contributed by atoms with van der Waals surface area (Å²) >= 11 is 7.18. The summed E-state index contributed by atoms with van der Waals surface area (Å²) in [5.74, 6) is -0.407. The lowest BCUT2D eigenvalue weighted by atomic mass is 10.3. The van der Waals surface area contributed by atoms with Crippen LogP contribution in [-0.2, 0) is 9.53 Å². The molecular formula is C15H18ClN3O3S. The van der Waals surface area contributed by atoms with Gasteiger partial charge in [0.15, 0.2) is 11.0 Å². The van der Waals surface area contributed by atoms with Crippen molar-refractivity contribution in [1.29, 1.82) is 0 Å². The van der Waals surface area contributed by atoms with Gasteiger partial charge in [0.2, 0.25) is 0 Å². The molecule has 23 heavy (non-hydrogen) atoms. The largest absolute Gasteiger partial charge is 0.481 e. The molecule has 0 aliphatic carbocycles. The average molecular weight is 356 g/mol. The van der Waals surface area contributed by atoms with E-state index in [1.54, 1.807) is 16.7 Å². The highest BCUT2D eigenvalue weighted by molar-refractivity contribution is 7.99. The zero-order chi connectivity index (χ0) is 17.0. The second kappa shape index (κ2) is 7.81. The van der Waals surface area contributed by atoms with Gasteiger partial charge < -0.3 is 9.84 Å². The molecule has 0 saturated carbocycles. The fourth-order valence-electron chi connectivity index (χ4n) is 2.09. The number of hydrogen-bond donors (Lipinski definition) is 1. The molecular weight excluding hydrogens is 338 g/mol. The first-order chi connectivity index (χ1) is 10.9. The van der Waals surface area contributed by atoms with E-state index in [0.29, 0.717) is 16.0 Å². The molecule has 0 fully saturated rings. The van der Waals surface area contributed by atoms with Crippen LogP contribution < -0.4 is 0 Å². The lowest BCUT2D eigenvalue weighted by molar-refractivity contribution is -0.133. The van der Waals surface area contributed by atoms with Crippen LogP contribution in [0.3, 0.4) is 0 Å². The Bertz CT molecular complexity index is 690. The average Bonchev–Trinajstić information content (AvgIpc) is 2.88. The Kier molecular flexibility index (Phi) is 6.04. The van der Waals surface area contributed by atoms with Crippen molar-refractivity contribution in [3.63, 3.8) is 0 Å². The maximum atomic E-state index is 10.8. The molecule has 1 unspecified atom stereocenters. The van der Waals surface area contributed by atoms with E-state index >= 15 is 0 Å². The number of carboxylic acid groups (broad SMARTS) is 1. The Labute approximate surface area is 143 Å². The molecule has 0 saturated heterocycles. The third-order valence-corrected chi connectivity index (χ3v) is 4.04. The molecule has 2 rings (SSSR count). The number of hydrogen-bond acceptors (Lipinski definition) is 5. The first-order valence-corrected chi connectivity index (χ1v) is 8.46. The minimum atomic E-state index is -0.913. The number of carboxylic acids is 1. The van der Waals surface area contributed by atoms with Crippen molar-refractivity contribution < 1.29 is 14.6 Å². The number of rotatable bonds is 7. The van der Waals surface area contributed by atoms with Crippen molar-refractivity contribution in [1.82, 2.24) is 14.8 Å². The molecule has 1 atom stereocenters. The lowest BCUT2D eigenvalue weighted by Gasteiger charge is -2.17. The molecule has 1 heterocycles. The zero-order valence-corrected chi connectivity index (χ0v) is 14.6. The van der Waals surface area contributed by atoms with Crippen LogP contribution in [0.4, 0.5) is 0 Å². The highest BCUT2D eigenvalue weighted by Crippen LogP contribution is 2.28. The SMILES string of the molecule is CC(C)OC(C)c1nnc(SCC(=O)O)n1-c1cccc(Cl)c1. The molecule has 1 aromatic carbocycles. The van der Waals surface area contributed by atoms with Gasteiger partial charge in [-0.05, 0) is 39.0 Å². The number of nitrogens with zero attached hydrogens (tertiary/aromatic N) is 3. The molecule has 0 spiro atoms. The second-order valence-corrected chi connectivity index (χ2v) is 6.54. The fraction of sp³-hybridized carbons (Fsp3) is 0.400. The normalized spacial score (nSPS) is 12.6. The molecule has 1 aromatic heterocycles. The zero-order valence-electron chi connectivity index (χ0n) is 13.1. The van der Waals surface area contributed by atoms with Gasteiger partial charge in [-0.1, -0.05) is 29.4 Å². The van der Waals surface area contributed by atoms with Crippen molar-refractivity contribution >= 4 is 29.3 Å². The molecule has 1 N–H and O–H groups in total. The first kappa shape index (κ1) is 17.8. The van der Waals surface area contributed by atoms with Gasteiger partial charge in [0.1, 0.15) is 6.10 Å². The van der Waals surface area contributed by atoms with Gasteiger partial charge >= 0.3 is 5.97 Å². The Hall–Kier alpha value is -1.57. The molecule has 0 aliphatic heterocycles. The van der Waals surface area contributed by atoms with Crippen LogP contribution in [0.25, 0.3) is 5.69 Å². The minimum absolute atomic E-state index is 0.0321. The predicted molar refractivity (Wildman–Crippen MR) is 89.4 cm³/mol. The van der Waals surface area contributed by atoms with Crippen molar-refractivity contribution in [2.45, 2.75) is 38.1 Å². The minimum Gasteiger partial charge on any atom is -0.481 e. The predicted octanol–water partition coefficient (Wildman–Crippen LogP) is 3.58. The molecule has 0 radical (unpaired) electrons. The smallest absolute Gasteiger partial charge is 0.313 e. The van der Waals surface area contributed by atoms with Crippen molar-refractivity contribution in [3.05, 3.63) is 35.1 Å². The summed E-state index contributed by atoms with van der Waals surface area (Å²) in [5, 5.41) is 18.3. The van der Waals surface area contributed by atoms with Crippen LogP contribution in [0.1, 0.15) is 32.7 Å². The van der Waals surface area contributed by atoms with Gasteiger partial charge in [0.05, 0.1) is 17.5 Å². The summed E-state index contributed by atoms with van der Waals surface area (Å²) in [6, 6.07) is 7.24. The Morgan fingerprint density at radius 2 is 2.13 bits per heavy atom. The number of halogens is 1. The Morgan fingerprint density at radius 1 is 1.39 bits per heavy atom. The summed E-state index contributed by atoms with van der Waals surface area (Å²) < 4.78 is 7.57. The van der Waals surface area contributed by atoms with Crippen molar-refractivity contribution in [2.24, 2.45) is 0 Å². The third kappa shape index (κ3) is 4.70. The summed E-state index contributed by atoms with van der Waals surface area (Å²) in [6.45, 7) is 5.77. The van der Waals surface area contributed by atoms with E-state index in [2.05, 4.69) is 10.2 Å². The van der Waals surface area contributed by atoms with Crippen LogP contribution in [0.15, 0.2) is 29.4 Å². The van der Waals surface area contributed by atoms with E-state index in [0.717, 1.165) is 17.4 Å². The maximum Gasteiger partial charge on any atom is 0.313 e. The van der Waals surface area contributed by atoms with Crippen LogP contribution in [0.2, 0.25) is 5.02 Å². The van der Waals surface area contributed by atoms with Gasteiger partial charge in [-0.15, -0.1) is 10.2 Å². The highest BCUT2D eigenvalue weighted by atomic mass is 35.5. The monoisotopic (exact) mass is 355 g/mol. The molecule has 0 amide bonds. The second-order valence-electron chi connectivity index (χ2n) is 5.17. The molecule has 8 heteroatoms. The van der Waals surface area contributed by atoms with E-state index in [-0.39, 0.29) is 18.0 Å². The number of ether oxygens (including phenoxy) is 1. The molecule has 124 valence electrons. The van der Waals surface area contributed by atoms with Gasteiger partial charge in [-0.2, -0.15) is 0 Å². The molecule has 6 nitrogen and oxygen atoms in total. The standard InChI is InChI=1S/C15H18ClN3O3S/c1-9(2)22-10(3)14-17-18-15(23-8-13(20)21)19(14)12-6-4-5-11(16)7-12/h4-7,9-10H,8H2,1-3H3,(H,20,21). The third-order valence-electron chi connectivity index (χ3n) is 2.89. The van der Waals surface area contributed by atoms with Gasteiger partial charge in [-0.25, -0.2) is 0 Å². The maximum absolute atomic E-state index is 10.8. The summed E-state index contributed by atoms with van der Waals surface area (Å²) in [7, 11) is 0. The fourth-order valence-corrected chi connectivity index (χ4v) is 2.95. The van der Waals surface area contributed by atoms with Gasteiger partial charge in [0, 0.05) is 5.02 Å². The summed E-state index contributed by atoms with van der Waals surface area (Å²) in [5.41, 5.74) is 0.768. The van der Waals surface area contributed by atoms with Crippen LogP contribution >= 0.6 is 23.4 Å². The van der Waals surface area contributed by atoms with E-state index in [1.165, 1.54) is 0 Å². The molecule has 2 aromatic rings. The van der Waals surface area contributed by atoms with Crippen LogP contribution in [0.5, 0.6) is 0 Å². The molecule has 0 bridgehead atoms. The Balaban J connectivity index is 2.44. The van der Waals surface area contributed by atoms with E-state index in [9.17, 15) is 4.79 Å². The number of aliphatic carboxylic acids is 1. The van der Waals surface area contributed by atoms with E-state index in [4.69, 9.17) is 21.4 Å². The number of aromatic nitrogens is 3. The number of thioether (sulfide) groups is 1. The van der Waals surface area contributed by atoms with Gasteiger partial charge in [-0.3, -0.25) is 9.36 Å². The highest BCUT2D eigenvalue weighted by Gasteiger charge is 2.21. The van der Waals surface area contributed by atoms with E-state index in [1.807, 2.05) is 32.9 Å². The lowest BCUT2D eigenvalue weighted by Crippen LogP contribution is -2.13.